The lowest BCUT2D eigenvalue weighted by Crippen LogP contribution is -2.20. The molecule has 3 nitrogen and oxygen atoms in total. The molecule has 0 aliphatic carbocycles. The zero-order valence-electron chi connectivity index (χ0n) is 10.5. The highest BCUT2D eigenvalue weighted by molar-refractivity contribution is 5.61. The van der Waals surface area contributed by atoms with Crippen molar-refractivity contribution < 1.29 is 0 Å². The van der Waals surface area contributed by atoms with E-state index in [9.17, 15) is 4.79 Å². The molecule has 0 aliphatic heterocycles. The van der Waals surface area contributed by atoms with Gasteiger partial charge in [-0.1, -0.05) is 43.7 Å². The van der Waals surface area contributed by atoms with Gasteiger partial charge in [0.1, 0.15) is 0 Å². The SMILES string of the molecule is Cc1ccc(-c2c[nH]n(CC(C)C)c2=O)cc1. The fraction of sp³-hybridized carbons (Fsp3) is 0.357. The minimum Gasteiger partial charge on any atom is -0.302 e. The second-order valence-corrected chi connectivity index (χ2v) is 4.86. The van der Waals surface area contributed by atoms with Crippen LogP contribution in [-0.4, -0.2) is 9.78 Å². The van der Waals surface area contributed by atoms with E-state index in [1.165, 1.54) is 5.56 Å². The Bertz CT molecular complexity index is 546. The van der Waals surface area contributed by atoms with Gasteiger partial charge in [-0.25, -0.2) is 0 Å². The van der Waals surface area contributed by atoms with E-state index in [2.05, 4.69) is 18.9 Å². The van der Waals surface area contributed by atoms with E-state index in [0.29, 0.717) is 5.92 Å². The molecule has 90 valence electrons. The van der Waals surface area contributed by atoms with Crippen LogP contribution in [0.1, 0.15) is 19.4 Å². The Morgan fingerprint density at radius 3 is 2.47 bits per heavy atom. The summed E-state index contributed by atoms with van der Waals surface area (Å²) in [7, 11) is 0. The first-order chi connectivity index (χ1) is 8.08. The van der Waals surface area contributed by atoms with Gasteiger partial charge >= 0.3 is 0 Å². The maximum atomic E-state index is 12.1. The molecule has 0 atom stereocenters. The maximum Gasteiger partial charge on any atom is 0.274 e. The van der Waals surface area contributed by atoms with E-state index >= 15 is 0 Å². The molecule has 0 spiro atoms. The van der Waals surface area contributed by atoms with E-state index in [1.54, 1.807) is 10.9 Å². The van der Waals surface area contributed by atoms with Gasteiger partial charge in [-0.05, 0) is 18.4 Å². The predicted octanol–water partition coefficient (Wildman–Crippen LogP) is 2.81. The number of nitrogens with zero attached hydrogens (tertiary/aromatic N) is 1. The molecule has 1 aromatic heterocycles. The van der Waals surface area contributed by atoms with Crippen LogP contribution < -0.4 is 5.56 Å². The Morgan fingerprint density at radius 2 is 1.88 bits per heavy atom. The minimum absolute atomic E-state index is 0.0579. The standard InChI is InChI=1S/C14H18N2O/c1-10(2)9-16-14(17)13(8-15-16)12-6-4-11(3)5-7-12/h4-8,10,15H,9H2,1-3H3. The molecule has 0 unspecified atom stereocenters. The summed E-state index contributed by atoms with van der Waals surface area (Å²) >= 11 is 0. The third-order valence-corrected chi connectivity index (χ3v) is 2.75. The van der Waals surface area contributed by atoms with Gasteiger partial charge in [0.05, 0.1) is 5.56 Å². The molecule has 0 aliphatic rings. The quantitative estimate of drug-likeness (QED) is 0.865. The van der Waals surface area contributed by atoms with Crippen LogP contribution in [0.5, 0.6) is 0 Å². The van der Waals surface area contributed by atoms with Crippen LogP contribution in [0.25, 0.3) is 11.1 Å². The van der Waals surface area contributed by atoms with Crippen molar-refractivity contribution in [3.8, 4) is 11.1 Å². The number of nitrogens with one attached hydrogen (secondary N) is 1. The van der Waals surface area contributed by atoms with Gasteiger partial charge in [0.25, 0.3) is 5.56 Å². The van der Waals surface area contributed by atoms with Crippen molar-refractivity contribution in [2.75, 3.05) is 0 Å². The van der Waals surface area contributed by atoms with Crippen molar-refractivity contribution in [1.29, 1.82) is 0 Å². The molecular formula is C14H18N2O. The summed E-state index contributed by atoms with van der Waals surface area (Å²) in [6, 6.07) is 8.02. The molecule has 1 N–H and O–H groups in total. The first-order valence-corrected chi connectivity index (χ1v) is 5.93. The van der Waals surface area contributed by atoms with Crippen molar-refractivity contribution in [1.82, 2.24) is 9.78 Å². The highest BCUT2D eigenvalue weighted by Crippen LogP contribution is 2.15. The number of H-pyrrole nitrogens is 1. The number of benzene rings is 1. The van der Waals surface area contributed by atoms with E-state index in [1.807, 2.05) is 31.2 Å². The van der Waals surface area contributed by atoms with Crippen LogP contribution in [0.4, 0.5) is 0 Å². The summed E-state index contributed by atoms with van der Waals surface area (Å²) in [4.78, 5) is 12.1. The molecule has 0 amide bonds. The average Bonchev–Trinajstić information content (AvgIpc) is 2.61. The first kappa shape index (κ1) is 11.7. The van der Waals surface area contributed by atoms with Gasteiger partial charge in [-0.2, -0.15) is 0 Å². The van der Waals surface area contributed by atoms with E-state index < -0.39 is 0 Å². The smallest absolute Gasteiger partial charge is 0.274 e. The van der Waals surface area contributed by atoms with E-state index in [0.717, 1.165) is 17.7 Å². The van der Waals surface area contributed by atoms with Crippen LogP contribution in [0, 0.1) is 12.8 Å². The average molecular weight is 230 g/mol. The predicted molar refractivity (Wildman–Crippen MR) is 70.1 cm³/mol. The maximum absolute atomic E-state index is 12.1. The van der Waals surface area contributed by atoms with E-state index in [-0.39, 0.29) is 5.56 Å². The summed E-state index contributed by atoms with van der Waals surface area (Å²) in [6.07, 6.45) is 1.79. The lowest BCUT2D eigenvalue weighted by Gasteiger charge is -2.03. The van der Waals surface area contributed by atoms with Crippen molar-refractivity contribution in [3.63, 3.8) is 0 Å². The molecule has 0 saturated carbocycles. The Balaban J connectivity index is 2.37. The van der Waals surface area contributed by atoms with Crippen LogP contribution in [0.3, 0.4) is 0 Å². The van der Waals surface area contributed by atoms with Crippen molar-refractivity contribution >= 4 is 0 Å². The monoisotopic (exact) mass is 230 g/mol. The Labute approximate surface area is 101 Å². The summed E-state index contributed by atoms with van der Waals surface area (Å²) in [5.74, 6) is 0.456. The number of rotatable bonds is 3. The summed E-state index contributed by atoms with van der Waals surface area (Å²) in [5, 5.41) is 3.02. The topological polar surface area (TPSA) is 37.8 Å². The molecule has 0 saturated heterocycles. The molecule has 2 rings (SSSR count). The molecule has 3 heteroatoms. The molecule has 0 bridgehead atoms. The summed E-state index contributed by atoms with van der Waals surface area (Å²) in [5.41, 5.74) is 2.97. The van der Waals surface area contributed by atoms with Crippen LogP contribution in [0.15, 0.2) is 35.3 Å². The summed E-state index contributed by atoms with van der Waals surface area (Å²) < 4.78 is 1.67. The molecule has 17 heavy (non-hydrogen) atoms. The van der Waals surface area contributed by atoms with Crippen molar-refractivity contribution in [3.05, 3.63) is 46.4 Å². The van der Waals surface area contributed by atoms with Gasteiger partial charge in [0.2, 0.25) is 0 Å². The molecule has 0 fully saturated rings. The van der Waals surface area contributed by atoms with Gasteiger partial charge in [0.15, 0.2) is 0 Å². The second kappa shape index (κ2) is 4.62. The van der Waals surface area contributed by atoms with Gasteiger partial charge < -0.3 is 5.10 Å². The minimum atomic E-state index is 0.0579. The van der Waals surface area contributed by atoms with Crippen LogP contribution >= 0.6 is 0 Å². The van der Waals surface area contributed by atoms with Crippen molar-refractivity contribution in [2.45, 2.75) is 27.3 Å². The normalized spacial score (nSPS) is 11.1. The fourth-order valence-electron chi connectivity index (χ4n) is 1.85. The largest absolute Gasteiger partial charge is 0.302 e. The van der Waals surface area contributed by atoms with Gasteiger partial charge in [-0.3, -0.25) is 9.48 Å². The fourth-order valence-corrected chi connectivity index (χ4v) is 1.85. The highest BCUT2D eigenvalue weighted by Gasteiger charge is 2.08. The molecule has 1 aromatic carbocycles. The number of aromatic amines is 1. The molecule has 0 radical (unpaired) electrons. The van der Waals surface area contributed by atoms with Crippen molar-refractivity contribution in [2.24, 2.45) is 5.92 Å². The zero-order valence-corrected chi connectivity index (χ0v) is 10.5. The summed E-state index contributed by atoms with van der Waals surface area (Å²) in [6.45, 7) is 6.96. The molecule has 2 aromatic rings. The number of hydrogen-bond acceptors (Lipinski definition) is 1. The number of aromatic nitrogens is 2. The first-order valence-electron chi connectivity index (χ1n) is 5.93. The second-order valence-electron chi connectivity index (χ2n) is 4.86. The number of aryl methyl sites for hydroxylation is 1. The van der Waals surface area contributed by atoms with Crippen LogP contribution in [-0.2, 0) is 6.54 Å². The third kappa shape index (κ3) is 2.49. The lowest BCUT2D eigenvalue weighted by atomic mass is 10.1. The van der Waals surface area contributed by atoms with Gasteiger partial charge in [0, 0.05) is 12.7 Å². The Hall–Kier alpha value is -1.77. The zero-order chi connectivity index (χ0) is 12.4. The van der Waals surface area contributed by atoms with Crippen LogP contribution in [0.2, 0.25) is 0 Å². The molecular weight excluding hydrogens is 212 g/mol. The Kier molecular flexibility index (Phi) is 3.18. The lowest BCUT2D eigenvalue weighted by molar-refractivity contribution is 0.473. The molecule has 1 heterocycles. The Morgan fingerprint density at radius 1 is 1.24 bits per heavy atom. The third-order valence-electron chi connectivity index (χ3n) is 2.75. The highest BCUT2D eigenvalue weighted by atomic mass is 16.1. The van der Waals surface area contributed by atoms with Gasteiger partial charge in [-0.15, -0.1) is 0 Å². The van der Waals surface area contributed by atoms with E-state index in [4.69, 9.17) is 0 Å². The number of hydrogen-bond donors (Lipinski definition) is 1.